The van der Waals surface area contributed by atoms with Gasteiger partial charge in [-0.25, -0.2) is 0 Å². The average Bonchev–Trinajstić information content (AvgIpc) is 2.38. The number of aliphatic hydroxyl groups is 1. The van der Waals surface area contributed by atoms with Crippen LogP contribution in [0.4, 0.5) is 0 Å². The number of hydrogen-bond acceptors (Lipinski definition) is 3. The molecular formula is C13H15BrN2O. The van der Waals surface area contributed by atoms with Crippen LogP contribution in [0.1, 0.15) is 43.8 Å². The first-order valence-corrected chi connectivity index (χ1v) is 6.67. The zero-order chi connectivity index (χ0) is 12.3. The molecule has 0 aliphatic heterocycles. The van der Waals surface area contributed by atoms with Crippen molar-refractivity contribution in [2.24, 2.45) is 5.41 Å². The largest absolute Gasteiger partial charge is 0.387 e. The normalized spacial score (nSPS) is 20.5. The first kappa shape index (κ1) is 12.5. The molecule has 0 spiro atoms. The fraction of sp³-hybridized carbons (Fsp3) is 0.538. The summed E-state index contributed by atoms with van der Waals surface area (Å²) in [5, 5.41) is 19.8. The van der Waals surface area contributed by atoms with E-state index in [1.165, 1.54) is 0 Å². The van der Waals surface area contributed by atoms with Gasteiger partial charge in [0.15, 0.2) is 0 Å². The van der Waals surface area contributed by atoms with Crippen LogP contribution in [-0.4, -0.2) is 10.1 Å². The summed E-state index contributed by atoms with van der Waals surface area (Å²) < 4.78 is 0.831. The average molecular weight is 295 g/mol. The van der Waals surface area contributed by atoms with Gasteiger partial charge in [-0.2, -0.15) is 5.26 Å². The van der Waals surface area contributed by atoms with Crippen molar-refractivity contribution >= 4 is 15.9 Å². The van der Waals surface area contributed by atoms with E-state index in [4.69, 9.17) is 0 Å². The van der Waals surface area contributed by atoms with E-state index in [0.29, 0.717) is 0 Å². The van der Waals surface area contributed by atoms with Crippen molar-refractivity contribution in [3.63, 3.8) is 0 Å². The number of pyridine rings is 1. The van der Waals surface area contributed by atoms with E-state index in [2.05, 4.69) is 27.0 Å². The molecule has 1 aromatic rings. The Bertz CT molecular complexity index is 435. The molecule has 3 nitrogen and oxygen atoms in total. The van der Waals surface area contributed by atoms with Crippen LogP contribution in [-0.2, 0) is 0 Å². The minimum atomic E-state index is -0.738. The molecule has 1 fully saturated rings. The van der Waals surface area contributed by atoms with Crippen molar-refractivity contribution in [3.05, 3.63) is 28.5 Å². The van der Waals surface area contributed by atoms with Crippen LogP contribution in [0.25, 0.3) is 0 Å². The second-order valence-corrected chi connectivity index (χ2v) is 5.58. The summed E-state index contributed by atoms with van der Waals surface area (Å²) in [6.45, 7) is 0. The summed E-state index contributed by atoms with van der Waals surface area (Å²) in [7, 11) is 0. The Kier molecular flexibility index (Phi) is 3.80. The molecule has 1 heterocycles. The first-order valence-electron chi connectivity index (χ1n) is 5.88. The third-order valence-corrected chi connectivity index (χ3v) is 3.97. The number of halogens is 1. The van der Waals surface area contributed by atoms with E-state index in [9.17, 15) is 10.4 Å². The lowest BCUT2D eigenvalue weighted by atomic mass is 9.70. The standard InChI is InChI=1S/C13H15BrN2O/c14-11-6-10(7-16-8-11)12(17)13(9-15)4-2-1-3-5-13/h6-8,12,17H,1-5H2. The number of nitriles is 1. The highest BCUT2D eigenvalue weighted by atomic mass is 79.9. The summed E-state index contributed by atoms with van der Waals surface area (Å²) in [4.78, 5) is 4.05. The molecule has 1 N–H and O–H groups in total. The van der Waals surface area contributed by atoms with E-state index < -0.39 is 11.5 Å². The van der Waals surface area contributed by atoms with Crippen molar-refractivity contribution in [2.45, 2.75) is 38.2 Å². The van der Waals surface area contributed by atoms with Crippen LogP contribution in [0, 0.1) is 16.7 Å². The van der Waals surface area contributed by atoms with Gasteiger partial charge in [0, 0.05) is 22.4 Å². The number of rotatable bonds is 2. The summed E-state index contributed by atoms with van der Waals surface area (Å²) in [6.07, 6.45) is 7.33. The maximum atomic E-state index is 10.4. The third-order valence-electron chi connectivity index (χ3n) is 3.53. The van der Waals surface area contributed by atoms with Gasteiger partial charge < -0.3 is 5.11 Å². The Labute approximate surface area is 110 Å². The minimum absolute atomic E-state index is 0.624. The maximum absolute atomic E-state index is 10.4. The molecule has 1 aliphatic carbocycles. The van der Waals surface area contributed by atoms with E-state index in [1.54, 1.807) is 12.4 Å². The van der Waals surface area contributed by atoms with Crippen LogP contribution >= 0.6 is 15.9 Å². The zero-order valence-corrected chi connectivity index (χ0v) is 11.2. The van der Waals surface area contributed by atoms with Gasteiger partial charge in [0.25, 0.3) is 0 Å². The molecule has 0 aromatic carbocycles. The van der Waals surface area contributed by atoms with E-state index >= 15 is 0 Å². The van der Waals surface area contributed by atoms with Gasteiger partial charge in [-0.3, -0.25) is 4.98 Å². The van der Waals surface area contributed by atoms with Crippen LogP contribution < -0.4 is 0 Å². The van der Waals surface area contributed by atoms with Crippen molar-refractivity contribution in [1.29, 1.82) is 5.26 Å². The molecule has 1 atom stereocenters. The molecular weight excluding hydrogens is 280 g/mol. The lowest BCUT2D eigenvalue weighted by Gasteiger charge is -2.35. The first-order chi connectivity index (χ1) is 8.18. The van der Waals surface area contributed by atoms with Crippen molar-refractivity contribution in [1.82, 2.24) is 4.98 Å². The number of aromatic nitrogens is 1. The molecule has 2 rings (SSSR count). The third kappa shape index (κ3) is 2.51. The second-order valence-electron chi connectivity index (χ2n) is 4.67. The zero-order valence-electron chi connectivity index (χ0n) is 9.56. The molecule has 17 heavy (non-hydrogen) atoms. The fourth-order valence-corrected chi connectivity index (χ4v) is 2.91. The van der Waals surface area contributed by atoms with Crippen molar-refractivity contribution in [2.75, 3.05) is 0 Å². The number of aliphatic hydroxyl groups excluding tert-OH is 1. The highest BCUT2D eigenvalue weighted by Crippen LogP contribution is 2.45. The Morgan fingerprint density at radius 3 is 2.65 bits per heavy atom. The lowest BCUT2D eigenvalue weighted by Crippen LogP contribution is -2.30. The van der Waals surface area contributed by atoms with E-state index in [0.717, 1.165) is 42.1 Å². The smallest absolute Gasteiger partial charge is 0.0991 e. The van der Waals surface area contributed by atoms with Crippen LogP contribution in [0.5, 0.6) is 0 Å². The highest BCUT2D eigenvalue weighted by molar-refractivity contribution is 9.10. The Balaban J connectivity index is 2.29. The van der Waals surface area contributed by atoms with Crippen LogP contribution in [0.15, 0.2) is 22.9 Å². The molecule has 0 bridgehead atoms. The summed E-state index contributed by atoms with van der Waals surface area (Å²) in [5.41, 5.74) is 0.101. The number of nitrogens with zero attached hydrogens (tertiary/aromatic N) is 2. The molecule has 0 saturated heterocycles. The molecule has 4 heteroatoms. The van der Waals surface area contributed by atoms with Gasteiger partial charge in [0.2, 0.25) is 0 Å². The van der Waals surface area contributed by atoms with Crippen molar-refractivity contribution in [3.8, 4) is 6.07 Å². The Morgan fingerprint density at radius 2 is 2.06 bits per heavy atom. The molecule has 1 aromatic heterocycles. The Morgan fingerprint density at radius 1 is 1.35 bits per heavy atom. The van der Waals surface area contributed by atoms with Gasteiger partial charge in [0.1, 0.15) is 0 Å². The van der Waals surface area contributed by atoms with Gasteiger partial charge in [0.05, 0.1) is 17.6 Å². The molecule has 1 unspecified atom stereocenters. The summed E-state index contributed by atoms with van der Waals surface area (Å²) >= 11 is 3.34. The van der Waals surface area contributed by atoms with E-state index in [1.807, 2.05) is 6.07 Å². The SMILES string of the molecule is N#CC1(C(O)c2cncc(Br)c2)CCCCC1. The van der Waals surface area contributed by atoms with Crippen LogP contribution in [0.3, 0.4) is 0 Å². The monoisotopic (exact) mass is 294 g/mol. The summed E-state index contributed by atoms with van der Waals surface area (Å²) in [6, 6.07) is 4.18. The van der Waals surface area contributed by atoms with Crippen LogP contribution in [0.2, 0.25) is 0 Å². The highest BCUT2D eigenvalue weighted by Gasteiger charge is 2.40. The molecule has 0 radical (unpaired) electrons. The fourth-order valence-electron chi connectivity index (χ4n) is 2.53. The second kappa shape index (κ2) is 5.16. The lowest BCUT2D eigenvalue weighted by molar-refractivity contribution is 0.0357. The molecule has 0 amide bonds. The maximum Gasteiger partial charge on any atom is 0.0991 e. The predicted octanol–water partition coefficient (Wildman–Crippen LogP) is 3.35. The quantitative estimate of drug-likeness (QED) is 0.910. The number of hydrogen-bond donors (Lipinski definition) is 1. The van der Waals surface area contributed by atoms with Gasteiger partial charge in [-0.15, -0.1) is 0 Å². The topological polar surface area (TPSA) is 56.9 Å². The van der Waals surface area contributed by atoms with Crippen molar-refractivity contribution < 1.29 is 5.11 Å². The van der Waals surface area contributed by atoms with Gasteiger partial charge in [-0.1, -0.05) is 19.3 Å². The van der Waals surface area contributed by atoms with Gasteiger partial charge >= 0.3 is 0 Å². The molecule has 1 saturated carbocycles. The molecule has 90 valence electrons. The predicted molar refractivity (Wildman–Crippen MR) is 68.0 cm³/mol. The minimum Gasteiger partial charge on any atom is -0.387 e. The van der Waals surface area contributed by atoms with E-state index in [-0.39, 0.29) is 0 Å². The molecule has 1 aliphatic rings. The Hall–Kier alpha value is -0.920. The van der Waals surface area contributed by atoms with Gasteiger partial charge in [-0.05, 0) is 34.8 Å². The summed E-state index contributed by atoms with van der Waals surface area (Å²) in [5.74, 6) is 0.